The molecule has 5 heteroatoms. The molecule has 0 spiro atoms. The Bertz CT molecular complexity index is 533. The minimum absolute atomic E-state index is 0.306. The predicted octanol–water partition coefficient (Wildman–Crippen LogP) is 1.42. The van der Waals surface area contributed by atoms with Crippen molar-refractivity contribution in [1.82, 2.24) is 5.32 Å². The molecule has 0 saturated carbocycles. The van der Waals surface area contributed by atoms with Gasteiger partial charge in [-0.05, 0) is 32.9 Å². The van der Waals surface area contributed by atoms with Crippen LogP contribution in [0.2, 0.25) is 0 Å². The van der Waals surface area contributed by atoms with Crippen LogP contribution in [0.5, 0.6) is 0 Å². The van der Waals surface area contributed by atoms with Crippen molar-refractivity contribution in [3.8, 4) is 0 Å². The molecule has 1 fully saturated rings. The van der Waals surface area contributed by atoms with E-state index in [1.165, 1.54) is 6.92 Å². The van der Waals surface area contributed by atoms with Gasteiger partial charge in [-0.15, -0.1) is 0 Å². The molecule has 4 nitrogen and oxygen atoms in total. The summed E-state index contributed by atoms with van der Waals surface area (Å²) in [6, 6.07) is 8.63. The maximum absolute atomic E-state index is 12.5. The van der Waals surface area contributed by atoms with Crippen molar-refractivity contribution < 1.29 is 13.2 Å². The molecule has 0 aliphatic carbocycles. The third-order valence-electron chi connectivity index (χ3n) is 3.67. The highest BCUT2D eigenvalue weighted by Gasteiger charge is 2.36. The zero-order valence-corrected chi connectivity index (χ0v) is 11.8. The van der Waals surface area contributed by atoms with Gasteiger partial charge >= 0.3 is 0 Å². The lowest BCUT2D eigenvalue weighted by Gasteiger charge is -2.25. The molecule has 1 saturated heterocycles. The Morgan fingerprint density at radius 1 is 1.21 bits per heavy atom. The van der Waals surface area contributed by atoms with Crippen LogP contribution in [0.15, 0.2) is 30.3 Å². The van der Waals surface area contributed by atoms with Gasteiger partial charge in [0.25, 0.3) is 0 Å². The van der Waals surface area contributed by atoms with Gasteiger partial charge in [-0.1, -0.05) is 30.3 Å². The molecular weight excluding hydrogens is 262 g/mol. The Labute approximate surface area is 114 Å². The zero-order valence-electron chi connectivity index (χ0n) is 11.0. The summed E-state index contributed by atoms with van der Waals surface area (Å²) in [5, 5.41) is 1.78. The summed E-state index contributed by atoms with van der Waals surface area (Å²) in [4.78, 5) is 12.2. The summed E-state index contributed by atoms with van der Waals surface area (Å²) in [5.41, 5.74) is 0.465. The molecule has 0 amide bonds. The molecule has 0 aromatic heterocycles. The highest BCUT2D eigenvalue weighted by atomic mass is 32.2. The fourth-order valence-electron chi connectivity index (χ4n) is 2.40. The summed E-state index contributed by atoms with van der Waals surface area (Å²) in [6.45, 7) is 2.92. The third-order valence-corrected chi connectivity index (χ3v) is 6.27. The number of carbonyl (C=O) groups excluding carboxylic acids is 1. The van der Waals surface area contributed by atoms with E-state index in [1.807, 2.05) is 6.07 Å². The summed E-state index contributed by atoms with van der Waals surface area (Å²) >= 11 is 0. The van der Waals surface area contributed by atoms with Gasteiger partial charge in [-0.3, -0.25) is 4.79 Å². The Hall–Kier alpha value is -1.20. The van der Waals surface area contributed by atoms with E-state index in [0.717, 1.165) is 0 Å². The van der Waals surface area contributed by atoms with Crippen molar-refractivity contribution in [3.05, 3.63) is 35.9 Å². The van der Waals surface area contributed by atoms with Crippen molar-refractivity contribution >= 4 is 15.6 Å². The normalized spacial score (nSPS) is 19.0. The molecule has 0 bridgehead atoms. The smallest absolute Gasteiger partial charge is 0.180 e. The SMILES string of the molecule is CC(C(=O)c1ccccc1)S(=O)(=O)C1CCNCC1. The number of rotatable bonds is 4. The van der Waals surface area contributed by atoms with Gasteiger partial charge in [-0.25, -0.2) is 8.42 Å². The highest BCUT2D eigenvalue weighted by molar-refractivity contribution is 7.93. The van der Waals surface area contributed by atoms with E-state index in [0.29, 0.717) is 31.5 Å². The predicted molar refractivity (Wildman–Crippen MR) is 75.0 cm³/mol. The Balaban J connectivity index is 2.18. The Kier molecular flexibility index (Phi) is 4.37. The molecule has 1 aliphatic rings. The first-order valence-corrected chi connectivity index (χ1v) is 8.17. The highest BCUT2D eigenvalue weighted by Crippen LogP contribution is 2.21. The molecule has 1 unspecified atom stereocenters. The van der Waals surface area contributed by atoms with Gasteiger partial charge in [0, 0.05) is 5.56 Å². The van der Waals surface area contributed by atoms with Crippen LogP contribution in [0, 0.1) is 0 Å². The van der Waals surface area contributed by atoms with E-state index in [4.69, 9.17) is 0 Å². The van der Waals surface area contributed by atoms with Crippen LogP contribution in [0.1, 0.15) is 30.1 Å². The Morgan fingerprint density at radius 2 is 1.79 bits per heavy atom. The summed E-state index contributed by atoms with van der Waals surface area (Å²) < 4.78 is 24.9. The van der Waals surface area contributed by atoms with Gasteiger partial charge in [0.1, 0.15) is 5.25 Å². The lowest BCUT2D eigenvalue weighted by molar-refractivity contribution is 0.0991. The lowest BCUT2D eigenvalue weighted by atomic mass is 10.1. The first-order chi connectivity index (χ1) is 9.03. The number of sulfone groups is 1. The number of ketones is 1. The zero-order chi connectivity index (χ0) is 13.9. The first kappa shape index (κ1) is 14.2. The molecule has 1 aromatic rings. The second-order valence-corrected chi connectivity index (χ2v) is 7.46. The van der Waals surface area contributed by atoms with Gasteiger partial charge in [0.15, 0.2) is 15.6 Å². The molecule has 1 N–H and O–H groups in total. The van der Waals surface area contributed by atoms with Crippen LogP contribution in [-0.2, 0) is 9.84 Å². The van der Waals surface area contributed by atoms with Gasteiger partial charge in [-0.2, -0.15) is 0 Å². The number of benzene rings is 1. The summed E-state index contributed by atoms with van der Waals surface area (Å²) in [7, 11) is -3.40. The fourth-order valence-corrected chi connectivity index (χ4v) is 4.30. The third kappa shape index (κ3) is 3.04. The molecule has 0 radical (unpaired) electrons. The van der Waals surface area contributed by atoms with E-state index in [1.54, 1.807) is 24.3 Å². The van der Waals surface area contributed by atoms with Crippen molar-refractivity contribution in [2.45, 2.75) is 30.3 Å². The van der Waals surface area contributed by atoms with Crippen molar-refractivity contribution in [2.24, 2.45) is 0 Å². The van der Waals surface area contributed by atoms with Crippen LogP contribution in [0.3, 0.4) is 0 Å². The van der Waals surface area contributed by atoms with Crippen LogP contribution >= 0.6 is 0 Å². The van der Waals surface area contributed by atoms with Crippen molar-refractivity contribution in [2.75, 3.05) is 13.1 Å². The van der Waals surface area contributed by atoms with Crippen LogP contribution in [0.25, 0.3) is 0 Å². The topological polar surface area (TPSA) is 63.2 Å². The molecule has 1 atom stereocenters. The van der Waals surface area contributed by atoms with Crippen LogP contribution in [0.4, 0.5) is 0 Å². The van der Waals surface area contributed by atoms with E-state index < -0.39 is 20.3 Å². The largest absolute Gasteiger partial charge is 0.317 e. The number of hydrogen-bond acceptors (Lipinski definition) is 4. The number of carbonyl (C=O) groups is 1. The minimum Gasteiger partial charge on any atom is -0.317 e. The standard InChI is InChI=1S/C14H19NO3S/c1-11(14(16)12-5-3-2-4-6-12)19(17,18)13-7-9-15-10-8-13/h2-6,11,13,15H,7-10H2,1H3. The number of hydrogen-bond donors (Lipinski definition) is 1. The van der Waals surface area contributed by atoms with Crippen molar-refractivity contribution in [1.29, 1.82) is 0 Å². The number of Topliss-reactive ketones (excluding diaryl/α,β-unsaturated/α-hetero) is 1. The van der Waals surface area contributed by atoms with Crippen LogP contribution < -0.4 is 5.32 Å². The van der Waals surface area contributed by atoms with Gasteiger partial charge in [0.05, 0.1) is 5.25 Å². The van der Waals surface area contributed by atoms with Gasteiger partial charge < -0.3 is 5.32 Å². The van der Waals surface area contributed by atoms with Crippen LogP contribution in [-0.4, -0.2) is 37.8 Å². The average Bonchev–Trinajstić information content (AvgIpc) is 2.47. The maximum Gasteiger partial charge on any atom is 0.180 e. The molecule has 1 aromatic carbocycles. The van der Waals surface area contributed by atoms with Gasteiger partial charge in [0.2, 0.25) is 0 Å². The summed E-state index contributed by atoms with van der Waals surface area (Å²) in [6.07, 6.45) is 1.18. The maximum atomic E-state index is 12.5. The average molecular weight is 281 g/mol. The number of nitrogens with one attached hydrogen (secondary N) is 1. The summed E-state index contributed by atoms with van der Waals surface area (Å²) in [5.74, 6) is -0.306. The number of piperidine rings is 1. The molecular formula is C14H19NO3S. The molecule has 1 heterocycles. The molecule has 104 valence electrons. The second-order valence-electron chi connectivity index (χ2n) is 4.91. The Morgan fingerprint density at radius 3 is 2.37 bits per heavy atom. The lowest BCUT2D eigenvalue weighted by Crippen LogP contribution is -2.41. The quantitative estimate of drug-likeness (QED) is 0.848. The fraction of sp³-hybridized carbons (Fsp3) is 0.500. The monoisotopic (exact) mass is 281 g/mol. The van der Waals surface area contributed by atoms with Crippen molar-refractivity contribution in [3.63, 3.8) is 0 Å². The van der Waals surface area contributed by atoms with E-state index in [9.17, 15) is 13.2 Å². The van der Waals surface area contributed by atoms with E-state index in [2.05, 4.69) is 5.32 Å². The molecule has 2 rings (SSSR count). The van der Waals surface area contributed by atoms with E-state index >= 15 is 0 Å². The first-order valence-electron chi connectivity index (χ1n) is 6.56. The van der Waals surface area contributed by atoms with E-state index in [-0.39, 0.29) is 5.78 Å². The second kappa shape index (κ2) is 5.84. The molecule has 19 heavy (non-hydrogen) atoms. The minimum atomic E-state index is -3.40. The molecule has 1 aliphatic heterocycles.